The van der Waals surface area contributed by atoms with E-state index in [1.54, 1.807) is 18.2 Å². The van der Waals surface area contributed by atoms with E-state index in [-0.39, 0.29) is 5.91 Å². The molecule has 2 rings (SSSR count). The molecule has 0 unspecified atom stereocenters. The number of rotatable bonds is 5. The second-order valence-electron chi connectivity index (χ2n) is 4.61. The Morgan fingerprint density at radius 2 is 2.00 bits per heavy atom. The maximum atomic E-state index is 12.2. The van der Waals surface area contributed by atoms with Gasteiger partial charge in [-0.2, -0.15) is 0 Å². The largest absolute Gasteiger partial charge is 0.322 e. The second-order valence-corrected chi connectivity index (χ2v) is 6.75. The molecule has 0 aliphatic rings. The Morgan fingerprint density at radius 3 is 2.71 bits per heavy atom. The molecule has 2 aromatic carbocycles. The molecule has 1 amide bonds. The van der Waals surface area contributed by atoms with E-state index in [2.05, 4.69) is 43.2 Å². The minimum absolute atomic E-state index is 0.171. The maximum Gasteiger partial charge on any atom is 0.255 e. The third-order valence-corrected chi connectivity index (χ3v) is 4.15. The molecule has 0 bridgehead atoms. The first-order valence-corrected chi connectivity index (χ1v) is 8.80. The van der Waals surface area contributed by atoms with Crippen LogP contribution in [0.2, 0.25) is 5.02 Å². The summed E-state index contributed by atoms with van der Waals surface area (Å²) >= 11 is 12.7. The van der Waals surface area contributed by atoms with Gasteiger partial charge in [0.1, 0.15) is 0 Å². The Morgan fingerprint density at radius 1 is 1.19 bits per heavy atom. The van der Waals surface area contributed by atoms with Crippen LogP contribution in [0.4, 0.5) is 5.69 Å². The molecule has 0 radical (unpaired) electrons. The highest BCUT2D eigenvalue weighted by Gasteiger charge is 2.08. The third-order valence-electron chi connectivity index (χ3n) is 2.91. The number of amides is 1. The van der Waals surface area contributed by atoms with Gasteiger partial charge < -0.3 is 5.32 Å². The van der Waals surface area contributed by atoms with Crippen molar-refractivity contribution in [2.45, 2.75) is 12.8 Å². The van der Waals surface area contributed by atoms with Crippen molar-refractivity contribution in [3.63, 3.8) is 0 Å². The Kier molecular flexibility index (Phi) is 6.27. The average molecular weight is 432 g/mol. The van der Waals surface area contributed by atoms with Gasteiger partial charge in [-0.25, -0.2) is 0 Å². The molecule has 1 N–H and O–H groups in total. The summed E-state index contributed by atoms with van der Waals surface area (Å²) < 4.78 is 0.784. The van der Waals surface area contributed by atoms with Crippen LogP contribution in [-0.2, 0) is 6.42 Å². The minimum atomic E-state index is -0.171. The highest BCUT2D eigenvalue weighted by atomic mass is 79.9. The van der Waals surface area contributed by atoms with E-state index >= 15 is 0 Å². The number of alkyl halides is 1. The van der Waals surface area contributed by atoms with E-state index < -0.39 is 0 Å². The molecule has 0 saturated carbocycles. The van der Waals surface area contributed by atoms with Gasteiger partial charge in [-0.05, 0) is 48.7 Å². The summed E-state index contributed by atoms with van der Waals surface area (Å²) in [5, 5.41) is 4.40. The lowest BCUT2D eigenvalue weighted by Crippen LogP contribution is -2.12. The molecule has 21 heavy (non-hydrogen) atoms. The van der Waals surface area contributed by atoms with Gasteiger partial charge in [0.15, 0.2) is 0 Å². The molecule has 5 heteroatoms. The van der Waals surface area contributed by atoms with Crippen molar-refractivity contribution in [1.29, 1.82) is 0 Å². The maximum absolute atomic E-state index is 12.2. The van der Waals surface area contributed by atoms with Crippen molar-refractivity contribution in [1.82, 2.24) is 0 Å². The lowest BCUT2D eigenvalue weighted by atomic mass is 10.1. The van der Waals surface area contributed by atoms with Crippen molar-refractivity contribution in [3.05, 3.63) is 63.1 Å². The molecule has 2 nitrogen and oxygen atoms in total. The molecule has 0 aliphatic heterocycles. The monoisotopic (exact) mass is 429 g/mol. The number of aryl methyl sites for hydroxylation is 1. The lowest BCUT2D eigenvalue weighted by Gasteiger charge is -2.08. The second kappa shape index (κ2) is 7.97. The summed E-state index contributed by atoms with van der Waals surface area (Å²) in [7, 11) is 0. The zero-order valence-corrected chi connectivity index (χ0v) is 15.1. The smallest absolute Gasteiger partial charge is 0.255 e. The first kappa shape index (κ1) is 16.5. The van der Waals surface area contributed by atoms with Crippen molar-refractivity contribution in [2.75, 3.05) is 10.6 Å². The van der Waals surface area contributed by atoms with E-state index in [4.69, 9.17) is 11.6 Å². The summed E-state index contributed by atoms with van der Waals surface area (Å²) in [6, 6.07) is 13.0. The third kappa shape index (κ3) is 5.13. The Bertz CT molecular complexity index is 626. The van der Waals surface area contributed by atoms with E-state index in [0.29, 0.717) is 10.6 Å². The topological polar surface area (TPSA) is 29.1 Å². The number of carbonyl (C=O) groups is 1. The van der Waals surface area contributed by atoms with Crippen LogP contribution in [0.25, 0.3) is 0 Å². The molecule has 0 fully saturated rings. The average Bonchev–Trinajstić information content (AvgIpc) is 2.44. The van der Waals surface area contributed by atoms with Gasteiger partial charge in [0.2, 0.25) is 0 Å². The van der Waals surface area contributed by atoms with Crippen molar-refractivity contribution >= 4 is 55.1 Å². The van der Waals surface area contributed by atoms with Crippen molar-refractivity contribution in [3.8, 4) is 0 Å². The van der Waals surface area contributed by atoms with Crippen LogP contribution >= 0.6 is 43.5 Å². The molecule has 0 heterocycles. The molecule has 0 atom stereocenters. The zero-order chi connectivity index (χ0) is 15.2. The summed E-state index contributed by atoms with van der Waals surface area (Å²) in [5.74, 6) is -0.171. The molecule has 0 saturated heterocycles. The highest BCUT2D eigenvalue weighted by Crippen LogP contribution is 2.21. The highest BCUT2D eigenvalue weighted by molar-refractivity contribution is 9.10. The number of hydrogen-bond donors (Lipinski definition) is 1. The SMILES string of the molecule is O=C(Nc1cccc(CCCBr)c1)c1cc(Cl)cc(Br)c1. The number of carbonyl (C=O) groups excluding carboxylic acids is 1. The lowest BCUT2D eigenvalue weighted by molar-refractivity contribution is 0.102. The van der Waals surface area contributed by atoms with Crippen LogP contribution in [0.15, 0.2) is 46.9 Å². The Labute approximate surface area is 146 Å². The Hall–Kier alpha value is -0.840. The van der Waals surface area contributed by atoms with Crippen LogP contribution in [0, 0.1) is 0 Å². The predicted octanol–water partition coefficient (Wildman–Crippen LogP) is 5.68. The van der Waals surface area contributed by atoms with Gasteiger partial charge >= 0.3 is 0 Å². The minimum Gasteiger partial charge on any atom is -0.322 e. The first-order chi connectivity index (χ1) is 10.1. The van der Waals surface area contributed by atoms with Gasteiger partial charge in [0.25, 0.3) is 5.91 Å². The van der Waals surface area contributed by atoms with E-state index in [1.165, 1.54) is 5.56 Å². The van der Waals surface area contributed by atoms with Crippen LogP contribution in [0.3, 0.4) is 0 Å². The number of anilines is 1. The summed E-state index contributed by atoms with van der Waals surface area (Å²) in [6.07, 6.45) is 2.05. The van der Waals surface area contributed by atoms with Gasteiger partial charge in [0.05, 0.1) is 0 Å². The fraction of sp³-hybridized carbons (Fsp3) is 0.188. The predicted molar refractivity (Wildman–Crippen MR) is 95.7 cm³/mol. The molecule has 0 spiro atoms. The molecular weight excluding hydrogens is 417 g/mol. The fourth-order valence-electron chi connectivity index (χ4n) is 1.96. The standard InChI is InChI=1S/C16H14Br2ClNO/c17-6-2-4-11-3-1-5-15(7-11)20-16(21)12-8-13(18)10-14(19)9-12/h1,3,5,7-10H,2,4,6H2,(H,20,21). The number of nitrogens with one attached hydrogen (secondary N) is 1. The molecule has 2 aromatic rings. The fourth-order valence-corrected chi connectivity index (χ4v) is 3.10. The van der Waals surface area contributed by atoms with Gasteiger partial charge in [-0.3, -0.25) is 4.79 Å². The van der Waals surface area contributed by atoms with Gasteiger partial charge in [-0.15, -0.1) is 0 Å². The summed E-state index contributed by atoms with van der Waals surface area (Å²) in [4.78, 5) is 12.2. The molecular formula is C16H14Br2ClNO. The van der Waals surface area contributed by atoms with Crippen LogP contribution in [0.1, 0.15) is 22.3 Å². The normalized spacial score (nSPS) is 10.4. The van der Waals surface area contributed by atoms with E-state index in [9.17, 15) is 4.79 Å². The zero-order valence-electron chi connectivity index (χ0n) is 11.2. The molecule has 0 aromatic heterocycles. The number of hydrogen-bond acceptors (Lipinski definition) is 1. The van der Waals surface area contributed by atoms with E-state index in [0.717, 1.165) is 28.3 Å². The van der Waals surface area contributed by atoms with Crippen molar-refractivity contribution in [2.24, 2.45) is 0 Å². The molecule has 0 aliphatic carbocycles. The number of halogens is 3. The van der Waals surface area contributed by atoms with Crippen molar-refractivity contribution < 1.29 is 4.79 Å². The van der Waals surface area contributed by atoms with Crippen LogP contribution < -0.4 is 5.32 Å². The molecule has 110 valence electrons. The summed E-state index contributed by atoms with van der Waals surface area (Å²) in [5.41, 5.74) is 2.53. The van der Waals surface area contributed by atoms with Crippen LogP contribution in [-0.4, -0.2) is 11.2 Å². The summed E-state index contributed by atoms with van der Waals surface area (Å²) in [6.45, 7) is 0. The first-order valence-electron chi connectivity index (χ1n) is 6.51. The van der Waals surface area contributed by atoms with Crippen LogP contribution in [0.5, 0.6) is 0 Å². The van der Waals surface area contributed by atoms with Gasteiger partial charge in [0, 0.05) is 26.1 Å². The van der Waals surface area contributed by atoms with E-state index in [1.807, 2.05) is 18.2 Å². The number of benzene rings is 2. The van der Waals surface area contributed by atoms with Gasteiger partial charge in [-0.1, -0.05) is 55.6 Å². The Balaban J connectivity index is 2.11. The quantitative estimate of drug-likeness (QED) is 0.606.